The summed E-state index contributed by atoms with van der Waals surface area (Å²) in [4.78, 5) is 0. The third-order valence-corrected chi connectivity index (χ3v) is 3.95. The molecule has 0 aromatic carbocycles. The first-order valence-corrected chi connectivity index (χ1v) is 6.31. The van der Waals surface area contributed by atoms with Gasteiger partial charge in [-0.25, -0.2) is 0 Å². The van der Waals surface area contributed by atoms with Crippen LogP contribution in [0.1, 0.15) is 20.8 Å². The van der Waals surface area contributed by atoms with Crippen molar-refractivity contribution >= 4 is 19.5 Å². The fraction of sp³-hybridized carbons (Fsp3) is 0.538. The van der Waals surface area contributed by atoms with Crippen molar-refractivity contribution in [2.24, 2.45) is 5.73 Å². The Bertz CT molecular complexity index is 484. The number of allylic oxidation sites excluding steroid dienone is 3. The summed E-state index contributed by atoms with van der Waals surface area (Å²) < 4.78 is 17.5. The number of halogens is 1. The van der Waals surface area contributed by atoms with Gasteiger partial charge in [0.15, 0.2) is 0 Å². The Morgan fingerprint density at radius 3 is 2.89 bits per heavy atom. The maximum absolute atomic E-state index is 6.00. The third kappa shape index (κ3) is 2.15. The highest BCUT2D eigenvalue weighted by molar-refractivity contribution is 6.57. The van der Waals surface area contributed by atoms with E-state index in [1.165, 1.54) is 11.1 Å². The molecule has 3 aliphatic rings. The van der Waals surface area contributed by atoms with Gasteiger partial charge in [0.1, 0.15) is 6.61 Å². The van der Waals surface area contributed by atoms with Gasteiger partial charge in [-0.05, 0) is 49.0 Å². The Labute approximate surface area is 120 Å². The molecule has 3 rings (SSSR count). The van der Waals surface area contributed by atoms with Gasteiger partial charge in [-0.3, -0.25) is 0 Å². The largest absolute Gasteiger partial charge is 0.497 e. The molecule has 0 radical (unpaired) electrons. The lowest BCUT2D eigenvalue weighted by molar-refractivity contribution is 0.0897. The standard InChI is InChI=1S/C13H18BNO3.ClH/c1-8-9-4-5-16-7-10-12(9)14(17-11(8)6-15)18-13(10,2)3;/h4-5,11H,6-7,15H2,1-3H3;1H/t11-;/m1./s1. The lowest BCUT2D eigenvalue weighted by Crippen LogP contribution is -2.40. The van der Waals surface area contributed by atoms with Crippen LogP contribution in [0.5, 0.6) is 0 Å². The van der Waals surface area contributed by atoms with Crippen molar-refractivity contribution in [3.63, 3.8) is 0 Å². The number of rotatable bonds is 1. The zero-order chi connectivity index (χ0) is 12.9. The maximum Gasteiger partial charge on any atom is 0.495 e. The van der Waals surface area contributed by atoms with Gasteiger partial charge in [0.25, 0.3) is 0 Å². The van der Waals surface area contributed by atoms with Crippen LogP contribution >= 0.6 is 12.4 Å². The smallest absolute Gasteiger partial charge is 0.495 e. The van der Waals surface area contributed by atoms with Crippen molar-refractivity contribution < 1.29 is 14.0 Å². The van der Waals surface area contributed by atoms with Crippen LogP contribution in [0, 0.1) is 0 Å². The van der Waals surface area contributed by atoms with Gasteiger partial charge in [0.2, 0.25) is 0 Å². The molecular formula is C13H19BClNO3. The molecule has 0 amide bonds. The molecule has 3 aliphatic heterocycles. The molecule has 1 atom stereocenters. The van der Waals surface area contributed by atoms with Crippen LogP contribution in [0.2, 0.25) is 0 Å². The first-order chi connectivity index (χ1) is 8.54. The van der Waals surface area contributed by atoms with Crippen LogP contribution in [0.15, 0.2) is 34.5 Å². The van der Waals surface area contributed by atoms with Gasteiger partial charge in [0, 0.05) is 6.54 Å². The number of hydrogen-bond donors (Lipinski definition) is 1. The highest BCUT2D eigenvalue weighted by atomic mass is 35.5. The fourth-order valence-corrected chi connectivity index (χ4v) is 2.84. The highest BCUT2D eigenvalue weighted by Gasteiger charge is 2.49. The Hall–Kier alpha value is -0.745. The van der Waals surface area contributed by atoms with E-state index >= 15 is 0 Å². The van der Waals surface area contributed by atoms with Gasteiger partial charge in [-0.2, -0.15) is 0 Å². The van der Waals surface area contributed by atoms with Crippen molar-refractivity contribution in [3.05, 3.63) is 34.5 Å². The summed E-state index contributed by atoms with van der Waals surface area (Å²) >= 11 is 0. The van der Waals surface area contributed by atoms with Gasteiger partial charge in [-0.15, -0.1) is 12.4 Å². The number of hydrogen-bond acceptors (Lipinski definition) is 4. The van der Waals surface area contributed by atoms with Crippen LogP contribution in [0.3, 0.4) is 0 Å². The summed E-state index contributed by atoms with van der Waals surface area (Å²) in [5, 5.41) is 0. The summed E-state index contributed by atoms with van der Waals surface area (Å²) in [5.74, 6) is 0. The summed E-state index contributed by atoms with van der Waals surface area (Å²) in [6, 6.07) is 0. The molecule has 2 N–H and O–H groups in total. The predicted molar refractivity (Wildman–Crippen MR) is 76.9 cm³/mol. The Balaban J connectivity index is 0.00000133. The average Bonchev–Trinajstić information content (AvgIpc) is 2.52. The molecule has 0 saturated carbocycles. The van der Waals surface area contributed by atoms with Crippen molar-refractivity contribution in [1.29, 1.82) is 0 Å². The van der Waals surface area contributed by atoms with Gasteiger partial charge in [-0.1, -0.05) is 0 Å². The molecule has 4 nitrogen and oxygen atoms in total. The minimum atomic E-state index is -0.346. The van der Waals surface area contributed by atoms with E-state index in [1.54, 1.807) is 6.26 Å². The molecule has 6 heteroatoms. The van der Waals surface area contributed by atoms with E-state index < -0.39 is 0 Å². The van der Waals surface area contributed by atoms with E-state index in [2.05, 4.69) is 20.8 Å². The molecule has 0 unspecified atom stereocenters. The second-order valence-electron chi connectivity index (χ2n) is 5.42. The minimum Gasteiger partial charge on any atom is -0.497 e. The third-order valence-electron chi connectivity index (χ3n) is 3.95. The Kier molecular flexibility index (Phi) is 3.84. The van der Waals surface area contributed by atoms with E-state index in [0.29, 0.717) is 13.2 Å². The lowest BCUT2D eigenvalue weighted by Gasteiger charge is -2.29. The summed E-state index contributed by atoms with van der Waals surface area (Å²) in [6.07, 6.45) is 3.68. The van der Waals surface area contributed by atoms with Crippen molar-refractivity contribution in [1.82, 2.24) is 0 Å². The average molecular weight is 284 g/mol. The summed E-state index contributed by atoms with van der Waals surface area (Å²) in [7, 11) is -0.311. The number of ether oxygens (including phenoxy) is 1. The molecule has 104 valence electrons. The quantitative estimate of drug-likeness (QED) is 0.745. The molecule has 0 bridgehead atoms. The van der Waals surface area contributed by atoms with Crippen molar-refractivity contribution in [2.45, 2.75) is 32.5 Å². The van der Waals surface area contributed by atoms with Crippen LogP contribution in [-0.2, 0) is 14.0 Å². The summed E-state index contributed by atoms with van der Waals surface area (Å²) in [5.41, 5.74) is 10.0. The first kappa shape index (κ1) is 14.7. The molecule has 0 fully saturated rings. The molecule has 0 aromatic heterocycles. The van der Waals surface area contributed by atoms with Gasteiger partial charge in [0.05, 0.1) is 18.0 Å². The molecule has 0 aromatic rings. The minimum absolute atomic E-state index is 0. The normalized spacial score (nSPS) is 27.8. The van der Waals surface area contributed by atoms with Gasteiger partial charge >= 0.3 is 7.12 Å². The second kappa shape index (κ2) is 4.98. The molecule has 0 saturated heterocycles. The Morgan fingerprint density at radius 2 is 2.21 bits per heavy atom. The van der Waals surface area contributed by atoms with E-state index in [4.69, 9.17) is 19.8 Å². The second-order valence-corrected chi connectivity index (χ2v) is 5.42. The molecular weight excluding hydrogens is 264 g/mol. The molecule has 3 heterocycles. The zero-order valence-electron chi connectivity index (χ0n) is 11.4. The predicted octanol–water partition coefficient (Wildman–Crippen LogP) is 1.76. The Morgan fingerprint density at radius 1 is 1.47 bits per heavy atom. The molecule has 0 spiro atoms. The highest BCUT2D eigenvalue weighted by Crippen LogP contribution is 2.43. The van der Waals surface area contributed by atoms with E-state index in [0.717, 1.165) is 11.0 Å². The van der Waals surface area contributed by atoms with E-state index in [1.807, 2.05) is 6.08 Å². The van der Waals surface area contributed by atoms with Crippen molar-refractivity contribution in [2.75, 3.05) is 13.2 Å². The van der Waals surface area contributed by atoms with E-state index in [9.17, 15) is 0 Å². The van der Waals surface area contributed by atoms with E-state index in [-0.39, 0.29) is 31.2 Å². The summed E-state index contributed by atoms with van der Waals surface area (Å²) in [6.45, 7) is 7.19. The monoisotopic (exact) mass is 283 g/mol. The van der Waals surface area contributed by atoms with Crippen LogP contribution in [0.25, 0.3) is 0 Å². The SMILES string of the molecule is CC1=C2C=COCC3=C2B(O[C@@H]1CN)OC3(C)C.Cl. The topological polar surface area (TPSA) is 53.7 Å². The van der Waals surface area contributed by atoms with Gasteiger partial charge < -0.3 is 19.8 Å². The van der Waals surface area contributed by atoms with Crippen LogP contribution in [0.4, 0.5) is 0 Å². The lowest BCUT2D eigenvalue weighted by atomic mass is 9.68. The van der Waals surface area contributed by atoms with Crippen LogP contribution in [-0.4, -0.2) is 32.0 Å². The number of nitrogens with two attached hydrogens (primary N) is 1. The fourth-order valence-electron chi connectivity index (χ4n) is 2.84. The molecule has 19 heavy (non-hydrogen) atoms. The molecule has 0 aliphatic carbocycles. The first-order valence-electron chi connectivity index (χ1n) is 6.31. The van der Waals surface area contributed by atoms with Crippen molar-refractivity contribution in [3.8, 4) is 0 Å². The maximum atomic E-state index is 6.00. The zero-order valence-corrected chi connectivity index (χ0v) is 12.3. The van der Waals surface area contributed by atoms with Crippen LogP contribution < -0.4 is 5.73 Å².